The van der Waals surface area contributed by atoms with Crippen LogP contribution in [0.4, 0.5) is 0 Å². The molecule has 2 aromatic carbocycles. The second-order valence-corrected chi connectivity index (χ2v) is 5.58. The van der Waals surface area contributed by atoms with Gasteiger partial charge in [-0.05, 0) is 30.2 Å². The number of benzene rings is 2. The van der Waals surface area contributed by atoms with Crippen LogP contribution in [-0.4, -0.2) is 19.2 Å². The molecule has 1 N–H and O–H groups in total. The normalized spacial score (nSPS) is 10.8. The molecular weight excluding hydrogens is 258 g/mol. The van der Waals surface area contributed by atoms with E-state index in [1.54, 1.807) is 0 Å². The summed E-state index contributed by atoms with van der Waals surface area (Å²) in [7, 11) is 0. The minimum atomic E-state index is 0.537. The number of hydrogen-bond acceptors (Lipinski definition) is 2. The fraction of sp³-hybridized carbons (Fsp3) is 0.368. The van der Waals surface area contributed by atoms with E-state index in [1.807, 2.05) is 12.1 Å². The molecule has 0 aliphatic carbocycles. The van der Waals surface area contributed by atoms with Crippen molar-refractivity contribution >= 4 is 0 Å². The lowest BCUT2D eigenvalue weighted by Gasteiger charge is -2.12. The third kappa shape index (κ3) is 5.60. The summed E-state index contributed by atoms with van der Waals surface area (Å²) in [5.74, 6) is 1.01. The van der Waals surface area contributed by atoms with Gasteiger partial charge in [-0.25, -0.2) is 0 Å². The van der Waals surface area contributed by atoms with Gasteiger partial charge in [0.15, 0.2) is 0 Å². The molecule has 112 valence electrons. The fourth-order valence-corrected chi connectivity index (χ4v) is 2.25. The molecule has 0 amide bonds. The molecule has 0 fully saturated rings. The van der Waals surface area contributed by atoms with Gasteiger partial charge in [0.2, 0.25) is 0 Å². The Hall–Kier alpha value is -1.80. The van der Waals surface area contributed by atoms with E-state index < -0.39 is 0 Å². The van der Waals surface area contributed by atoms with Crippen molar-refractivity contribution in [2.24, 2.45) is 0 Å². The zero-order chi connectivity index (χ0) is 14.9. The Bertz CT molecular complexity index is 522. The van der Waals surface area contributed by atoms with E-state index >= 15 is 0 Å². The summed E-state index contributed by atoms with van der Waals surface area (Å²) < 4.78 is 5.95. The quantitative estimate of drug-likeness (QED) is 0.738. The van der Waals surface area contributed by atoms with Gasteiger partial charge in [-0.15, -0.1) is 0 Å². The van der Waals surface area contributed by atoms with Gasteiger partial charge in [0, 0.05) is 12.5 Å². The second-order valence-electron chi connectivity index (χ2n) is 5.58. The zero-order valence-corrected chi connectivity index (χ0v) is 13.0. The number of hydrogen-bond donors (Lipinski definition) is 1. The van der Waals surface area contributed by atoms with Gasteiger partial charge in [-0.3, -0.25) is 0 Å². The predicted octanol–water partition coefficient (Wildman–Crippen LogP) is 4.04. The lowest BCUT2D eigenvalue weighted by atomic mass is 10.0. The van der Waals surface area contributed by atoms with Gasteiger partial charge in [0.1, 0.15) is 5.75 Å². The summed E-state index contributed by atoms with van der Waals surface area (Å²) in [6.07, 6.45) is 1.94. The summed E-state index contributed by atoms with van der Waals surface area (Å²) >= 11 is 0. The maximum absolute atomic E-state index is 5.95. The molecule has 2 rings (SSSR count). The minimum Gasteiger partial charge on any atom is -0.493 e. The van der Waals surface area contributed by atoms with Gasteiger partial charge in [0.25, 0.3) is 0 Å². The average molecular weight is 283 g/mol. The molecule has 0 aliphatic heterocycles. The van der Waals surface area contributed by atoms with Crippen molar-refractivity contribution < 1.29 is 4.74 Å². The van der Waals surface area contributed by atoms with Crippen molar-refractivity contribution in [1.82, 2.24) is 5.32 Å². The molecular formula is C19H25NO. The zero-order valence-electron chi connectivity index (χ0n) is 13.0. The Balaban J connectivity index is 1.88. The topological polar surface area (TPSA) is 21.3 Å². The van der Waals surface area contributed by atoms with Crippen LogP contribution in [0.3, 0.4) is 0 Å². The second kappa shape index (κ2) is 8.48. The minimum absolute atomic E-state index is 0.537. The summed E-state index contributed by atoms with van der Waals surface area (Å²) in [5.41, 5.74) is 2.57. The van der Waals surface area contributed by atoms with Crippen molar-refractivity contribution in [3.63, 3.8) is 0 Å². The Kier molecular flexibility index (Phi) is 6.29. The Morgan fingerprint density at radius 1 is 0.952 bits per heavy atom. The molecule has 0 saturated heterocycles. The van der Waals surface area contributed by atoms with Crippen LogP contribution < -0.4 is 10.1 Å². The van der Waals surface area contributed by atoms with E-state index in [0.29, 0.717) is 6.04 Å². The van der Waals surface area contributed by atoms with Crippen LogP contribution in [0.2, 0.25) is 0 Å². The summed E-state index contributed by atoms with van der Waals surface area (Å²) in [5, 5.41) is 3.41. The smallest absolute Gasteiger partial charge is 0.122 e. The SMILES string of the molecule is CC(C)NCCCOc1ccccc1Cc1ccccc1. The van der Waals surface area contributed by atoms with Crippen LogP contribution in [0.1, 0.15) is 31.4 Å². The molecule has 21 heavy (non-hydrogen) atoms. The first kappa shape index (κ1) is 15.6. The van der Waals surface area contributed by atoms with E-state index in [2.05, 4.69) is 61.6 Å². The van der Waals surface area contributed by atoms with E-state index in [0.717, 1.165) is 31.7 Å². The highest BCUT2D eigenvalue weighted by molar-refractivity contribution is 5.37. The monoisotopic (exact) mass is 283 g/mol. The molecule has 2 aromatic rings. The number of ether oxygens (including phenoxy) is 1. The highest BCUT2D eigenvalue weighted by Gasteiger charge is 2.04. The van der Waals surface area contributed by atoms with Crippen molar-refractivity contribution in [1.29, 1.82) is 0 Å². The van der Waals surface area contributed by atoms with Crippen LogP contribution in [-0.2, 0) is 6.42 Å². The molecule has 2 nitrogen and oxygen atoms in total. The third-order valence-electron chi connectivity index (χ3n) is 3.34. The molecule has 0 radical (unpaired) electrons. The fourth-order valence-electron chi connectivity index (χ4n) is 2.25. The molecule has 2 heteroatoms. The van der Waals surface area contributed by atoms with Crippen LogP contribution in [0.15, 0.2) is 54.6 Å². The maximum atomic E-state index is 5.95. The predicted molar refractivity (Wildman–Crippen MR) is 88.9 cm³/mol. The van der Waals surface area contributed by atoms with Gasteiger partial charge in [-0.2, -0.15) is 0 Å². The van der Waals surface area contributed by atoms with Crippen molar-refractivity contribution in [2.45, 2.75) is 32.7 Å². The molecule has 0 atom stereocenters. The number of para-hydroxylation sites is 1. The molecule has 0 unspecified atom stereocenters. The van der Waals surface area contributed by atoms with E-state index in [-0.39, 0.29) is 0 Å². The lowest BCUT2D eigenvalue weighted by Crippen LogP contribution is -2.24. The highest BCUT2D eigenvalue weighted by Crippen LogP contribution is 2.21. The van der Waals surface area contributed by atoms with Crippen LogP contribution in [0, 0.1) is 0 Å². The maximum Gasteiger partial charge on any atom is 0.122 e. The van der Waals surface area contributed by atoms with Crippen molar-refractivity contribution in [3.8, 4) is 5.75 Å². The molecule has 0 heterocycles. The largest absolute Gasteiger partial charge is 0.493 e. The summed E-state index contributed by atoms with van der Waals surface area (Å²) in [6.45, 7) is 6.08. The first-order chi connectivity index (χ1) is 10.3. The number of nitrogens with one attached hydrogen (secondary N) is 1. The van der Waals surface area contributed by atoms with Crippen molar-refractivity contribution in [2.75, 3.05) is 13.2 Å². The summed E-state index contributed by atoms with van der Waals surface area (Å²) in [6, 6.07) is 19.4. The first-order valence-electron chi connectivity index (χ1n) is 7.73. The summed E-state index contributed by atoms with van der Waals surface area (Å²) in [4.78, 5) is 0. The average Bonchev–Trinajstić information content (AvgIpc) is 2.49. The molecule has 0 saturated carbocycles. The van der Waals surface area contributed by atoms with Crippen LogP contribution in [0.25, 0.3) is 0 Å². The Morgan fingerprint density at radius 3 is 2.43 bits per heavy atom. The molecule has 0 aromatic heterocycles. The van der Waals surface area contributed by atoms with Gasteiger partial charge in [-0.1, -0.05) is 62.4 Å². The highest BCUT2D eigenvalue weighted by atomic mass is 16.5. The van der Waals surface area contributed by atoms with E-state index in [4.69, 9.17) is 4.74 Å². The Labute approximate surface area is 128 Å². The lowest BCUT2D eigenvalue weighted by molar-refractivity contribution is 0.303. The van der Waals surface area contributed by atoms with Crippen LogP contribution >= 0.6 is 0 Å². The Morgan fingerprint density at radius 2 is 1.67 bits per heavy atom. The molecule has 0 bridgehead atoms. The third-order valence-corrected chi connectivity index (χ3v) is 3.34. The standard InChI is InChI=1S/C19H25NO/c1-16(2)20-13-8-14-21-19-12-7-6-11-18(19)15-17-9-4-3-5-10-17/h3-7,9-12,16,20H,8,13-15H2,1-2H3. The molecule has 0 aliphatic rings. The van der Waals surface area contributed by atoms with E-state index in [9.17, 15) is 0 Å². The van der Waals surface area contributed by atoms with Gasteiger partial charge < -0.3 is 10.1 Å². The molecule has 0 spiro atoms. The van der Waals surface area contributed by atoms with Crippen LogP contribution in [0.5, 0.6) is 5.75 Å². The van der Waals surface area contributed by atoms with Crippen molar-refractivity contribution in [3.05, 3.63) is 65.7 Å². The van der Waals surface area contributed by atoms with E-state index in [1.165, 1.54) is 11.1 Å². The van der Waals surface area contributed by atoms with Gasteiger partial charge in [0.05, 0.1) is 6.61 Å². The first-order valence-corrected chi connectivity index (χ1v) is 7.73. The number of rotatable bonds is 8. The van der Waals surface area contributed by atoms with Gasteiger partial charge >= 0.3 is 0 Å².